The lowest BCUT2D eigenvalue weighted by molar-refractivity contribution is -0.142. The lowest BCUT2D eigenvalue weighted by atomic mass is 9.98. The molecule has 1 aliphatic rings. The molecule has 41 heteroatoms. The van der Waals surface area contributed by atoms with E-state index in [-0.39, 0.29) is 114 Å². The number of carboxylic acid groups (broad SMARTS) is 2. The van der Waals surface area contributed by atoms with E-state index in [1.54, 1.807) is 72.0 Å². The predicted octanol–water partition coefficient (Wildman–Crippen LogP) is -5.62. The van der Waals surface area contributed by atoms with E-state index >= 15 is 0 Å². The fourth-order valence-electron chi connectivity index (χ4n) is 11.7. The third-order valence-electron chi connectivity index (χ3n) is 18.3. The number of aliphatic imine (C=N–C) groups is 2. The smallest absolute Gasteiger partial charge is 0.325 e. The molecule has 1 aliphatic heterocycles. The van der Waals surface area contributed by atoms with Gasteiger partial charge in [-0.3, -0.25) is 86.7 Å². The van der Waals surface area contributed by atoms with Crippen molar-refractivity contribution in [2.45, 2.75) is 244 Å². The summed E-state index contributed by atoms with van der Waals surface area (Å²) in [4.78, 5) is 229. The molecule has 0 aliphatic carbocycles. The van der Waals surface area contributed by atoms with Crippen molar-refractivity contribution in [1.82, 2.24) is 73.7 Å². The van der Waals surface area contributed by atoms with Crippen molar-refractivity contribution < 1.29 is 92.0 Å². The maximum Gasteiger partial charge on any atom is 0.325 e. The minimum atomic E-state index is -1.78. The first-order valence-corrected chi connectivity index (χ1v) is 37.3. The van der Waals surface area contributed by atoms with Gasteiger partial charge < -0.3 is 123 Å². The van der Waals surface area contributed by atoms with Crippen LogP contribution in [0.4, 0.5) is 0 Å². The van der Waals surface area contributed by atoms with Crippen molar-refractivity contribution in [3.63, 3.8) is 0 Å². The molecule has 41 nitrogen and oxygen atoms in total. The Morgan fingerprint density at radius 1 is 0.527 bits per heavy atom. The highest BCUT2D eigenvalue weighted by molar-refractivity contribution is 6.00. The van der Waals surface area contributed by atoms with E-state index in [9.17, 15) is 92.0 Å². The van der Waals surface area contributed by atoms with Gasteiger partial charge in [0, 0.05) is 56.0 Å². The molecule has 1 fully saturated rings. The Labute approximate surface area is 648 Å². The summed E-state index contributed by atoms with van der Waals surface area (Å²) in [6.45, 7) is 14.7. The third kappa shape index (κ3) is 32.7. The topological polar surface area (TPSA) is 678 Å². The fraction of sp³-hybridized carbons (Fsp3) is 0.634. The zero-order chi connectivity index (χ0) is 84.4. The number of hydrogen-bond acceptors (Lipinski definition) is 20. The Morgan fingerprint density at radius 3 is 1.48 bits per heavy atom. The number of H-pyrrole nitrogens is 1. The monoisotopic (exact) mass is 1580 g/mol. The number of nitrogens with zero attached hydrogens (tertiary/aromatic N) is 3. The van der Waals surface area contributed by atoms with E-state index in [0.29, 0.717) is 22.9 Å². The maximum absolute atomic E-state index is 14.9. The first-order chi connectivity index (χ1) is 52.5. The Hall–Kier alpha value is -11.3. The Morgan fingerprint density at radius 2 is 0.964 bits per heavy atom. The number of likely N-dealkylation sites (tertiary alicyclic amines) is 1. The average Bonchev–Trinajstić information content (AvgIpc) is 1.72. The molecule has 1 aromatic carbocycles. The van der Waals surface area contributed by atoms with Gasteiger partial charge in [-0.05, 0) is 121 Å². The number of aromatic nitrogens is 1. The summed E-state index contributed by atoms with van der Waals surface area (Å²) in [7, 11) is 0. The number of aliphatic hydroxyl groups is 1. The van der Waals surface area contributed by atoms with Crippen LogP contribution in [0.5, 0.6) is 0 Å². The quantitative estimate of drug-likeness (QED) is 0.0167. The van der Waals surface area contributed by atoms with Gasteiger partial charge in [-0.2, -0.15) is 0 Å². The van der Waals surface area contributed by atoms with Gasteiger partial charge in [-0.15, -0.1) is 0 Å². The van der Waals surface area contributed by atoms with Crippen molar-refractivity contribution in [2.75, 3.05) is 26.2 Å². The fourth-order valence-corrected chi connectivity index (χ4v) is 11.7. The first kappa shape index (κ1) is 94.9. The van der Waals surface area contributed by atoms with Crippen LogP contribution in [0.25, 0.3) is 10.9 Å². The molecule has 3 rings (SSSR count). The van der Waals surface area contributed by atoms with Crippen molar-refractivity contribution in [2.24, 2.45) is 62.1 Å². The van der Waals surface area contributed by atoms with E-state index in [0.717, 1.165) is 4.90 Å². The molecule has 2 aromatic rings. The van der Waals surface area contributed by atoms with Gasteiger partial charge in [0.25, 0.3) is 0 Å². The molecule has 1 saturated heterocycles. The number of aliphatic carboxylic acids is 2. The minimum absolute atomic E-state index is 0.000120. The molecule has 0 spiro atoms. The number of benzene rings is 1. The molecule has 14 amide bonds. The SMILES string of the molecule is CC[C@H](C)[C@H](N)C(=O)N[C@@H](CCC(=O)O)C(=O)NCC(=O)N1CCC[C@H]1C(=O)N[C@H](C(=O)N[C@@H](CC(C)C)C(=O)N[C@@H](CCCN=C(N)N)C(=O)N[C@@H](CCC(N)=O)C(=O)N[C@@H](Cc1c[nH]c2ccccc12)C(=O)N[C@@H](CC(C)C)C(=O)N[C@@H](C)C(=O)N[C@@H](C)C(=O)N[C@@H](CCCN=C(N)N)C(=O)N[C@@H](C)C(=O)O)[C@@H](C)O. The summed E-state index contributed by atoms with van der Waals surface area (Å²) < 4.78 is 0. The molecule has 0 unspecified atom stereocenters. The number of nitrogens with one attached hydrogen (secondary N) is 13. The number of guanidine groups is 2. The predicted molar refractivity (Wildman–Crippen MR) is 409 cm³/mol. The number of carbonyl (C=O) groups excluding carboxylic acids is 14. The van der Waals surface area contributed by atoms with Crippen LogP contribution < -0.4 is 98.2 Å². The molecule has 2 heterocycles. The van der Waals surface area contributed by atoms with Gasteiger partial charge in [0.1, 0.15) is 72.5 Å². The number of nitrogens with two attached hydrogens (primary N) is 6. The number of carboxylic acids is 2. The average molecular weight is 1580 g/mol. The van der Waals surface area contributed by atoms with E-state index in [1.807, 2.05) is 0 Å². The molecular weight excluding hydrogens is 1460 g/mol. The van der Waals surface area contributed by atoms with Gasteiger partial charge >= 0.3 is 11.9 Å². The number of hydrogen-bond donors (Lipinski definition) is 22. The highest BCUT2D eigenvalue weighted by Crippen LogP contribution is 2.22. The summed E-state index contributed by atoms with van der Waals surface area (Å²) in [6.07, 6.45) is -1.61. The van der Waals surface area contributed by atoms with Crippen molar-refractivity contribution in [3.8, 4) is 0 Å². The molecule has 0 bridgehead atoms. The van der Waals surface area contributed by atoms with Gasteiger partial charge in [-0.1, -0.05) is 66.2 Å². The molecule has 15 atom stereocenters. The standard InChI is InChI=1S/C71H116N22O19/c1-11-36(6)55(73)67(109)88-46(23-25-54(97)98)59(101)81-33-53(96)93-28-16-21-51(93)66(108)92-56(40(10)94)68(110)91-49(30-35(4)5)64(106)86-45(20-15-27-79-71(76)77)61(103)87-47(22-24-52(72)95)62(104)90-50(31-41-32-80-43-18-13-12-17-42(41)43)65(107)89-48(29-34(2)3)63(105)83-37(7)57(99)82-38(8)58(100)85-44(19-14-26-78-70(74)75)60(102)84-39(9)69(111)112/h12-13,17-18,32,34-40,44-51,55-56,80,94H,11,14-16,19-31,33,73H2,1-10H3,(H2,72,95)(H,81,101)(H,82,99)(H,83,105)(H,84,102)(H,85,100)(H,86,106)(H,87,103)(H,88,109)(H,89,107)(H,90,104)(H,91,110)(H,92,108)(H,97,98)(H,111,112)(H4,74,75,78)(H4,76,77,79)/t36-,37-,38-,39-,40+,44-,45-,46-,47-,48-,49-,50-,51-,55-,56-/m0/s1. The third-order valence-corrected chi connectivity index (χ3v) is 18.3. The van der Waals surface area contributed by atoms with Gasteiger partial charge in [0.2, 0.25) is 82.7 Å². The highest BCUT2D eigenvalue weighted by atomic mass is 16.4. The summed E-state index contributed by atoms with van der Waals surface area (Å²) in [5.41, 5.74) is 34.8. The summed E-state index contributed by atoms with van der Waals surface area (Å²) in [5.74, 6) is -16.9. The number of rotatable bonds is 49. The number of aliphatic hydroxyl groups excluding tert-OH is 1. The largest absolute Gasteiger partial charge is 0.481 e. The van der Waals surface area contributed by atoms with Crippen molar-refractivity contribution >= 4 is 117 Å². The second-order valence-electron chi connectivity index (χ2n) is 28.7. The van der Waals surface area contributed by atoms with Crippen molar-refractivity contribution in [1.29, 1.82) is 0 Å². The molecule has 1 aromatic heterocycles. The molecule has 0 saturated carbocycles. The zero-order valence-electron chi connectivity index (χ0n) is 65.1. The van der Waals surface area contributed by atoms with E-state index in [1.165, 1.54) is 27.7 Å². The van der Waals surface area contributed by atoms with Crippen LogP contribution >= 0.6 is 0 Å². The highest BCUT2D eigenvalue weighted by Gasteiger charge is 2.40. The van der Waals surface area contributed by atoms with E-state index in [2.05, 4.69) is 78.8 Å². The van der Waals surface area contributed by atoms with E-state index in [4.69, 9.17) is 34.4 Å². The summed E-state index contributed by atoms with van der Waals surface area (Å²) in [5, 5.41) is 60.5. The van der Waals surface area contributed by atoms with Crippen LogP contribution in [0.1, 0.15) is 158 Å². The number of carbonyl (C=O) groups is 16. The number of primary amides is 1. The van der Waals surface area contributed by atoms with Crippen LogP contribution in [0, 0.1) is 17.8 Å². The van der Waals surface area contributed by atoms with Crippen LogP contribution in [0.3, 0.4) is 0 Å². The molecule has 28 N–H and O–H groups in total. The second kappa shape index (κ2) is 47.1. The number of amides is 14. The molecule has 112 heavy (non-hydrogen) atoms. The maximum atomic E-state index is 14.9. The molecular formula is C71H116N22O19. The zero-order valence-corrected chi connectivity index (χ0v) is 65.1. The molecule has 624 valence electrons. The van der Waals surface area contributed by atoms with Crippen LogP contribution in [0.15, 0.2) is 40.4 Å². The normalized spacial score (nSPS) is 16.3. The van der Waals surface area contributed by atoms with Gasteiger partial charge in [-0.25, -0.2) is 0 Å². The summed E-state index contributed by atoms with van der Waals surface area (Å²) in [6, 6.07) is -11.6. The van der Waals surface area contributed by atoms with Crippen LogP contribution in [-0.4, -0.2) is 243 Å². The Bertz CT molecular complexity index is 3670. The van der Waals surface area contributed by atoms with Crippen LogP contribution in [-0.2, 0) is 83.1 Å². The molecule has 0 radical (unpaired) electrons. The lowest BCUT2D eigenvalue weighted by Crippen LogP contribution is -2.61. The minimum Gasteiger partial charge on any atom is -0.481 e. The number of aromatic amines is 1. The summed E-state index contributed by atoms with van der Waals surface area (Å²) >= 11 is 0. The van der Waals surface area contributed by atoms with Crippen LogP contribution in [0.2, 0.25) is 0 Å². The van der Waals surface area contributed by atoms with Gasteiger partial charge in [0.05, 0.1) is 18.7 Å². The Kier molecular flexibility index (Phi) is 39.9. The first-order valence-electron chi connectivity index (χ1n) is 37.3. The second-order valence-corrected chi connectivity index (χ2v) is 28.7. The van der Waals surface area contributed by atoms with Gasteiger partial charge in [0.15, 0.2) is 11.9 Å². The Balaban J connectivity index is 1.93. The lowest BCUT2D eigenvalue weighted by Gasteiger charge is -2.30. The number of fused-ring (bicyclic) bond motifs is 1. The van der Waals surface area contributed by atoms with Crippen molar-refractivity contribution in [3.05, 3.63) is 36.0 Å². The van der Waals surface area contributed by atoms with E-state index < -0.39 is 205 Å². The number of para-hydroxylation sites is 1.